The van der Waals surface area contributed by atoms with Crippen molar-refractivity contribution in [1.29, 1.82) is 0 Å². The summed E-state index contributed by atoms with van der Waals surface area (Å²) in [6.45, 7) is 4.28. The van der Waals surface area contributed by atoms with E-state index in [1.807, 2.05) is 17.0 Å². The molecule has 19 heavy (non-hydrogen) atoms. The van der Waals surface area contributed by atoms with E-state index in [0.29, 0.717) is 6.54 Å². The van der Waals surface area contributed by atoms with E-state index < -0.39 is 5.38 Å². The van der Waals surface area contributed by atoms with E-state index in [0.717, 1.165) is 31.7 Å². The maximum Gasteiger partial charge on any atom is 0.240 e. The normalized spacial score (nSPS) is 19.3. The Hall–Kier alpha value is -1.00. The number of alkyl halides is 1. The number of likely N-dealkylation sites (tertiary alicyclic amines) is 1. The number of piperidine rings is 1. The van der Waals surface area contributed by atoms with Crippen LogP contribution in [0.2, 0.25) is 0 Å². The fraction of sp³-hybridized carbons (Fsp3) is 0.643. The second kappa shape index (κ2) is 6.44. The molecule has 0 bridgehead atoms. The van der Waals surface area contributed by atoms with Crippen molar-refractivity contribution in [1.82, 2.24) is 9.80 Å². The van der Waals surface area contributed by atoms with Gasteiger partial charge in [-0.3, -0.25) is 4.79 Å². The van der Waals surface area contributed by atoms with Crippen LogP contribution in [0.15, 0.2) is 22.8 Å². The van der Waals surface area contributed by atoms with Gasteiger partial charge in [0.1, 0.15) is 11.1 Å². The molecule has 0 aliphatic carbocycles. The van der Waals surface area contributed by atoms with Gasteiger partial charge in [-0.05, 0) is 52.0 Å². The van der Waals surface area contributed by atoms with Gasteiger partial charge in [0.05, 0.1) is 12.8 Å². The summed E-state index contributed by atoms with van der Waals surface area (Å²) >= 11 is 5.98. The van der Waals surface area contributed by atoms with Gasteiger partial charge in [0.15, 0.2) is 0 Å². The lowest BCUT2D eigenvalue weighted by Gasteiger charge is -2.37. The van der Waals surface area contributed by atoms with E-state index in [4.69, 9.17) is 16.0 Å². The van der Waals surface area contributed by atoms with Crippen LogP contribution < -0.4 is 0 Å². The second-order valence-electron chi connectivity index (χ2n) is 5.20. The third kappa shape index (κ3) is 3.74. The summed E-state index contributed by atoms with van der Waals surface area (Å²) < 4.78 is 5.36. The summed E-state index contributed by atoms with van der Waals surface area (Å²) in [6.07, 6.45) is 3.62. The van der Waals surface area contributed by atoms with Gasteiger partial charge in [0.25, 0.3) is 0 Å². The van der Waals surface area contributed by atoms with E-state index >= 15 is 0 Å². The SMILES string of the molecule is CC(Cl)C(=O)N(Cc1ccco1)C1CCN(C)CC1. The van der Waals surface area contributed by atoms with E-state index in [2.05, 4.69) is 11.9 Å². The Morgan fingerprint density at radius 2 is 2.26 bits per heavy atom. The Morgan fingerprint density at radius 1 is 1.58 bits per heavy atom. The Labute approximate surface area is 119 Å². The zero-order valence-corrected chi connectivity index (χ0v) is 12.3. The number of carbonyl (C=O) groups is 1. The van der Waals surface area contributed by atoms with Crippen molar-refractivity contribution in [3.8, 4) is 0 Å². The smallest absolute Gasteiger partial charge is 0.240 e. The highest BCUT2D eigenvalue weighted by Gasteiger charge is 2.29. The second-order valence-corrected chi connectivity index (χ2v) is 5.85. The molecule has 1 aromatic heterocycles. The van der Waals surface area contributed by atoms with Crippen molar-refractivity contribution < 1.29 is 9.21 Å². The average Bonchev–Trinajstić information content (AvgIpc) is 2.89. The van der Waals surface area contributed by atoms with Gasteiger partial charge in [0, 0.05) is 6.04 Å². The highest BCUT2D eigenvalue weighted by Crippen LogP contribution is 2.20. The van der Waals surface area contributed by atoms with Crippen LogP contribution in [0.25, 0.3) is 0 Å². The predicted octanol–water partition coefficient (Wildman–Crippen LogP) is 2.33. The Bertz CT molecular complexity index is 398. The number of carbonyl (C=O) groups excluding carboxylic acids is 1. The Kier molecular flexibility index (Phi) is 4.88. The number of halogens is 1. The molecule has 5 heteroatoms. The molecule has 2 rings (SSSR count). The third-order valence-corrected chi connectivity index (χ3v) is 3.85. The number of furan rings is 1. The Balaban J connectivity index is 2.07. The van der Waals surface area contributed by atoms with E-state index in [1.165, 1.54) is 0 Å². The first kappa shape index (κ1) is 14.4. The monoisotopic (exact) mass is 284 g/mol. The molecule has 1 saturated heterocycles. The molecule has 0 spiro atoms. The molecule has 1 fully saturated rings. The summed E-state index contributed by atoms with van der Waals surface area (Å²) in [7, 11) is 2.11. The number of nitrogens with zero attached hydrogens (tertiary/aromatic N) is 2. The van der Waals surface area contributed by atoms with E-state index in [1.54, 1.807) is 13.2 Å². The molecule has 1 atom stereocenters. The molecule has 1 unspecified atom stereocenters. The van der Waals surface area contributed by atoms with Gasteiger partial charge in [-0.15, -0.1) is 11.6 Å². The quantitative estimate of drug-likeness (QED) is 0.796. The number of hydrogen-bond donors (Lipinski definition) is 0. The highest BCUT2D eigenvalue weighted by molar-refractivity contribution is 6.30. The van der Waals surface area contributed by atoms with Crippen LogP contribution in [0, 0.1) is 0 Å². The molecule has 0 radical (unpaired) electrons. The van der Waals surface area contributed by atoms with Gasteiger partial charge in [-0.2, -0.15) is 0 Å². The molecule has 1 aliphatic rings. The van der Waals surface area contributed by atoms with Crippen molar-refractivity contribution in [2.45, 2.75) is 37.7 Å². The number of rotatable bonds is 4. The summed E-state index contributed by atoms with van der Waals surface area (Å²) in [5.74, 6) is 0.803. The van der Waals surface area contributed by atoms with E-state index in [9.17, 15) is 4.79 Å². The lowest BCUT2D eigenvalue weighted by Crippen LogP contribution is -2.48. The molecule has 4 nitrogen and oxygen atoms in total. The Morgan fingerprint density at radius 3 is 2.79 bits per heavy atom. The molecule has 1 aliphatic heterocycles. The van der Waals surface area contributed by atoms with Gasteiger partial charge >= 0.3 is 0 Å². The maximum atomic E-state index is 12.3. The standard InChI is InChI=1S/C14H21ClN2O2/c1-11(15)14(18)17(10-13-4-3-9-19-13)12-5-7-16(2)8-6-12/h3-4,9,11-12H,5-8,10H2,1-2H3. The van der Waals surface area contributed by atoms with Crippen molar-refractivity contribution >= 4 is 17.5 Å². The van der Waals surface area contributed by atoms with Crippen LogP contribution in [-0.2, 0) is 11.3 Å². The van der Waals surface area contributed by atoms with Crippen LogP contribution in [-0.4, -0.2) is 47.3 Å². The number of hydrogen-bond acceptors (Lipinski definition) is 3. The topological polar surface area (TPSA) is 36.7 Å². The first-order valence-corrected chi connectivity index (χ1v) is 7.17. The highest BCUT2D eigenvalue weighted by atomic mass is 35.5. The zero-order chi connectivity index (χ0) is 13.8. The van der Waals surface area contributed by atoms with Crippen molar-refractivity contribution in [3.05, 3.63) is 24.2 Å². The first-order valence-electron chi connectivity index (χ1n) is 6.73. The lowest BCUT2D eigenvalue weighted by molar-refractivity contribution is -0.134. The zero-order valence-electron chi connectivity index (χ0n) is 11.5. The molecular weight excluding hydrogens is 264 g/mol. The van der Waals surface area contributed by atoms with Gasteiger partial charge < -0.3 is 14.2 Å². The van der Waals surface area contributed by atoms with Crippen LogP contribution in [0.4, 0.5) is 0 Å². The molecule has 2 heterocycles. The first-order chi connectivity index (χ1) is 9.08. The van der Waals surface area contributed by atoms with Gasteiger partial charge in [-0.1, -0.05) is 0 Å². The van der Waals surface area contributed by atoms with Crippen molar-refractivity contribution in [2.24, 2.45) is 0 Å². The van der Waals surface area contributed by atoms with Crippen LogP contribution in [0.3, 0.4) is 0 Å². The van der Waals surface area contributed by atoms with Crippen LogP contribution >= 0.6 is 11.6 Å². The molecule has 0 saturated carbocycles. The largest absolute Gasteiger partial charge is 0.467 e. The summed E-state index contributed by atoms with van der Waals surface area (Å²) in [5.41, 5.74) is 0. The molecule has 0 N–H and O–H groups in total. The summed E-state index contributed by atoms with van der Waals surface area (Å²) in [4.78, 5) is 16.5. The van der Waals surface area contributed by atoms with E-state index in [-0.39, 0.29) is 11.9 Å². The van der Waals surface area contributed by atoms with Gasteiger partial charge in [-0.25, -0.2) is 0 Å². The lowest BCUT2D eigenvalue weighted by atomic mass is 10.0. The minimum absolute atomic E-state index is 0.00683. The molecule has 1 aromatic rings. The maximum absolute atomic E-state index is 12.3. The molecule has 106 valence electrons. The minimum atomic E-state index is -0.491. The van der Waals surface area contributed by atoms with Gasteiger partial charge in [0.2, 0.25) is 5.91 Å². The summed E-state index contributed by atoms with van der Waals surface area (Å²) in [6, 6.07) is 4.00. The predicted molar refractivity (Wildman–Crippen MR) is 75.1 cm³/mol. The van der Waals surface area contributed by atoms with Crippen LogP contribution in [0.5, 0.6) is 0 Å². The van der Waals surface area contributed by atoms with Crippen molar-refractivity contribution in [2.75, 3.05) is 20.1 Å². The minimum Gasteiger partial charge on any atom is -0.467 e. The molecule has 1 amide bonds. The summed E-state index contributed by atoms with van der Waals surface area (Å²) in [5, 5.41) is -0.491. The number of amides is 1. The third-order valence-electron chi connectivity index (χ3n) is 3.66. The van der Waals surface area contributed by atoms with Crippen LogP contribution in [0.1, 0.15) is 25.5 Å². The molecular formula is C14H21ClN2O2. The fourth-order valence-corrected chi connectivity index (χ4v) is 2.62. The average molecular weight is 285 g/mol. The molecule has 0 aromatic carbocycles. The van der Waals surface area contributed by atoms with Crippen molar-refractivity contribution in [3.63, 3.8) is 0 Å². The fourth-order valence-electron chi connectivity index (χ4n) is 2.49.